The summed E-state index contributed by atoms with van der Waals surface area (Å²) >= 11 is 0. The molecule has 1 aromatic carbocycles. The van der Waals surface area contributed by atoms with E-state index in [1.807, 2.05) is 6.07 Å². The molecule has 0 saturated heterocycles. The molecule has 0 amide bonds. The first-order valence-corrected chi connectivity index (χ1v) is 9.18. The van der Waals surface area contributed by atoms with Crippen LogP contribution in [0.1, 0.15) is 56.1 Å². The summed E-state index contributed by atoms with van der Waals surface area (Å²) in [7, 11) is 1.50. The zero-order chi connectivity index (χ0) is 18.2. The van der Waals surface area contributed by atoms with Crippen LogP contribution in [0.5, 0.6) is 5.75 Å². The fraction of sp³-hybridized carbons (Fsp3) is 0.650. The topological polar surface area (TPSA) is 52.3 Å². The maximum Gasteiger partial charge on any atom is 0.387 e. The van der Waals surface area contributed by atoms with E-state index in [2.05, 4.69) is 17.4 Å². The molecule has 3 aliphatic carbocycles. The highest BCUT2D eigenvalue weighted by atomic mass is 19.3. The van der Waals surface area contributed by atoms with Crippen LogP contribution >= 0.6 is 0 Å². The van der Waals surface area contributed by atoms with Gasteiger partial charge >= 0.3 is 6.61 Å². The Kier molecular flexibility index (Phi) is 5.14. The fourth-order valence-electron chi connectivity index (χ4n) is 5.51. The summed E-state index contributed by atoms with van der Waals surface area (Å²) in [4.78, 5) is 12.3. The summed E-state index contributed by atoms with van der Waals surface area (Å²) in [6.07, 6.45) is 5.72. The molecule has 138 valence electrons. The second-order valence-corrected chi connectivity index (χ2v) is 7.57. The number of aryl methyl sites for hydroxylation is 1. The summed E-state index contributed by atoms with van der Waals surface area (Å²) in [5.74, 6) is 2.25. The van der Waals surface area contributed by atoms with Crippen molar-refractivity contribution in [1.82, 2.24) is 0 Å². The summed E-state index contributed by atoms with van der Waals surface area (Å²) < 4.78 is 29.3. The van der Waals surface area contributed by atoms with Gasteiger partial charge in [0.2, 0.25) is 0 Å². The Morgan fingerprint density at radius 2 is 1.96 bits per heavy atom. The maximum atomic E-state index is 12.4. The van der Waals surface area contributed by atoms with Crippen LogP contribution in [0.4, 0.5) is 8.78 Å². The number of ether oxygens (including phenoxy) is 1. The van der Waals surface area contributed by atoms with Gasteiger partial charge in [-0.2, -0.15) is 8.78 Å². The first-order valence-electron chi connectivity index (χ1n) is 9.18. The molecule has 4 unspecified atom stereocenters. The largest absolute Gasteiger partial charge is 0.435 e. The number of benzene rings is 1. The van der Waals surface area contributed by atoms with Crippen molar-refractivity contribution in [2.24, 2.45) is 23.0 Å². The van der Waals surface area contributed by atoms with E-state index in [9.17, 15) is 13.6 Å². The van der Waals surface area contributed by atoms with E-state index in [0.717, 1.165) is 44.1 Å². The number of carbonyl (C=O) groups is 1. The predicted octanol–water partition coefficient (Wildman–Crippen LogP) is 4.29. The molecule has 0 aliphatic heterocycles. The van der Waals surface area contributed by atoms with E-state index in [1.54, 1.807) is 12.1 Å². The van der Waals surface area contributed by atoms with E-state index < -0.39 is 6.61 Å². The Hall–Kier alpha value is -1.49. The molecule has 5 heteroatoms. The lowest BCUT2D eigenvalue weighted by atomic mass is 9.55. The maximum absolute atomic E-state index is 12.4. The van der Waals surface area contributed by atoms with Gasteiger partial charge in [0.15, 0.2) is 0 Å². The lowest BCUT2D eigenvalue weighted by molar-refractivity contribution is -0.129. The molecule has 3 nitrogen and oxygen atoms in total. The minimum atomic E-state index is -2.77. The van der Waals surface area contributed by atoms with Crippen molar-refractivity contribution in [3.63, 3.8) is 0 Å². The van der Waals surface area contributed by atoms with Crippen LogP contribution in [0.3, 0.4) is 0 Å². The summed E-state index contributed by atoms with van der Waals surface area (Å²) in [6, 6.07) is 5.43. The molecule has 3 aliphatic rings. The molecule has 2 N–H and O–H groups in total. The second-order valence-electron chi connectivity index (χ2n) is 7.57. The Morgan fingerprint density at radius 3 is 2.68 bits per heavy atom. The van der Waals surface area contributed by atoms with Gasteiger partial charge in [-0.1, -0.05) is 13.0 Å². The van der Waals surface area contributed by atoms with Crippen LogP contribution in [-0.4, -0.2) is 19.4 Å². The Bertz CT molecular complexity index is 649. The third-order valence-corrected chi connectivity index (χ3v) is 6.63. The molecule has 0 aromatic heterocycles. The second kappa shape index (κ2) is 7.02. The predicted molar refractivity (Wildman–Crippen MR) is 92.8 cm³/mol. The van der Waals surface area contributed by atoms with Crippen molar-refractivity contribution in [1.29, 1.82) is 0 Å². The summed E-state index contributed by atoms with van der Waals surface area (Å²) in [5.41, 5.74) is 6.83. The first kappa shape index (κ1) is 18.3. The highest BCUT2D eigenvalue weighted by molar-refractivity contribution is 5.87. The smallest absolute Gasteiger partial charge is 0.387 e. The number of rotatable bonds is 2. The number of hydrogen-bond donors (Lipinski definition) is 1. The molecule has 2 fully saturated rings. The van der Waals surface area contributed by atoms with Crippen molar-refractivity contribution in [3.05, 3.63) is 29.3 Å². The van der Waals surface area contributed by atoms with Crippen molar-refractivity contribution in [2.75, 3.05) is 7.05 Å². The number of carbonyl (C=O) groups excluding carboxylic acids is 1. The fourth-order valence-corrected chi connectivity index (χ4v) is 5.51. The molecule has 2 saturated carbocycles. The monoisotopic (exact) mass is 351 g/mol. The minimum Gasteiger partial charge on any atom is -0.435 e. The minimum absolute atomic E-state index is 0.114. The van der Waals surface area contributed by atoms with Crippen molar-refractivity contribution < 1.29 is 18.3 Å². The first-order chi connectivity index (χ1) is 12.0. The van der Waals surface area contributed by atoms with E-state index in [1.165, 1.54) is 12.6 Å². The van der Waals surface area contributed by atoms with Crippen molar-refractivity contribution >= 4 is 5.78 Å². The van der Waals surface area contributed by atoms with E-state index in [4.69, 9.17) is 0 Å². The summed E-state index contributed by atoms with van der Waals surface area (Å²) in [5, 5.41) is 0. The Labute approximate surface area is 147 Å². The molecule has 0 radical (unpaired) electrons. The number of alkyl halides is 2. The number of nitrogens with two attached hydrogens (primary N) is 1. The van der Waals surface area contributed by atoms with Gasteiger partial charge in [0.25, 0.3) is 0 Å². The third kappa shape index (κ3) is 3.07. The van der Waals surface area contributed by atoms with Crippen LogP contribution in [0.15, 0.2) is 18.2 Å². The molecule has 0 heterocycles. The van der Waals surface area contributed by atoms with Gasteiger partial charge in [0, 0.05) is 11.8 Å². The molecule has 4 atom stereocenters. The van der Waals surface area contributed by atoms with Gasteiger partial charge in [-0.3, -0.25) is 4.79 Å². The number of halogens is 2. The van der Waals surface area contributed by atoms with Gasteiger partial charge in [0.05, 0.1) is 0 Å². The van der Waals surface area contributed by atoms with Crippen LogP contribution in [-0.2, 0) is 11.2 Å². The highest BCUT2D eigenvalue weighted by Gasteiger charge is 2.54. The van der Waals surface area contributed by atoms with E-state index >= 15 is 0 Å². The van der Waals surface area contributed by atoms with Gasteiger partial charge in [-0.05, 0) is 80.2 Å². The van der Waals surface area contributed by atoms with Gasteiger partial charge in [0.1, 0.15) is 11.5 Å². The van der Waals surface area contributed by atoms with E-state index in [-0.39, 0.29) is 11.2 Å². The molecule has 0 spiro atoms. The van der Waals surface area contributed by atoms with Crippen LogP contribution < -0.4 is 10.5 Å². The third-order valence-electron chi connectivity index (χ3n) is 6.63. The van der Waals surface area contributed by atoms with Crippen LogP contribution in [0.25, 0.3) is 0 Å². The zero-order valence-electron chi connectivity index (χ0n) is 14.9. The van der Waals surface area contributed by atoms with Crippen molar-refractivity contribution in [3.8, 4) is 5.75 Å². The van der Waals surface area contributed by atoms with Gasteiger partial charge < -0.3 is 10.5 Å². The van der Waals surface area contributed by atoms with Gasteiger partial charge in [-0.15, -0.1) is 0 Å². The quantitative estimate of drug-likeness (QED) is 0.865. The standard InChI is InChI=1S/C19H22F2O2.CH5N/c1-19-9-8-14-13-5-3-12(23-18(20)21)10-11(13)2-4-15(14)16(19)6-7-17(19)22;1-2/h3,5,10,14-16,18H,2,4,6-9H2,1H3;2H2,1H3. The Balaban J connectivity index is 0.000000880. The molecular weight excluding hydrogens is 324 g/mol. The number of ketones is 1. The molecule has 25 heavy (non-hydrogen) atoms. The average Bonchev–Trinajstić information content (AvgIpc) is 2.91. The lowest BCUT2D eigenvalue weighted by Crippen LogP contribution is -2.42. The highest BCUT2D eigenvalue weighted by Crippen LogP contribution is 2.59. The lowest BCUT2D eigenvalue weighted by Gasteiger charge is -2.48. The molecule has 4 rings (SSSR count). The van der Waals surface area contributed by atoms with Crippen LogP contribution in [0, 0.1) is 17.3 Å². The molecule has 1 aromatic rings. The zero-order valence-corrected chi connectivity index (χ0v) is 14.9. The number of fused-ring (bicyclic) bond motifs is 5. The van der Waals surface area contributed by atoms with E-state index in [0.29, 0.717) is 23.5 Å². The normalized spacial score (nSPS) is 33.0. The average molecular weight is 351 g/mol. The SMILES string of the molecule is CC12CCC3c4ccc(OC(F)F)cc4CCC3C1CCC2=O.CN. The van der Waals surface area contributed by atoms with Crippen molar-refractivity contribution in [2.45, 2.75) is 58.0 Å². The number of Topliss-reactive ketones (excluding diaryl/α,β-unsaturated/α-hetero) is 1. The van der Waals surface area contributed by atoms with Gasteiger partial charge in [-0.25, -0.2) is 0 Å². The Morgan fingerprint density at radius 1 is 1.20 bits per heavy atom. The molecular formula is C20H27F2NO2. The summed E-state index contributed by atoms with van der Waals surface area (Å²) in [6.45, 7) is -0.609. The number of hydrogen-bond acceptors (Lipinski definition) is 3. The van der Waals surface area contributed by atoms with Crippen LogP contribution in [0.2, 0.25) is 0 Å². The molecule has 0 bridgehead atoms.